The Bertz CT molecular complexity index is 1400. The molecule has 3 heterocycles. The number of primary amides is 1. The molecule has 0 radical (unpaired) electrons. The zero-order valence-electron chi connectivity index (χ0n) is 17.6. The van der Waals surface area contributed by atoms with E-state index >= 15 is 0 Å². The number of ether oxygens (including phenoxy) is 1. The van der Waals surface area contributed by atoms with Crippen molar-refractivity contribution in [2.75, 3.05) is 0 Å². The minimum atomic E-state index is -0.499. The first-order valence-corrected chi connectivity index (χ1v) is 10.3. The van der Waals surface area contributed by atoms with Crippen LogP contribution in [-0.2, 0) is 29.3 Å². The molecule has 0 atom stereocenters. The van der Waals surface area contributed by atoms with Crippen molar-refractivity contribution in [3.8, 4) is 22.5 Å². The van der Waals surface area contributed by atoms with Crippen molar-refractivity contribution >= 4 is 11.6 Å². The summed E-state index contributed by atoms with van der Waals surface area (Å²) in [7, 11) is 0. The number of nitrogens with two attached hydrogens (primary N) is 1. The lowest BCUT2D eigenvalue weighted by Crippen LogP contribution is -2.21. The van der Waals surface area contributed by atoms with Gasteiger partial charge in [0.25, 0.3) is 0 Å². The van der Waals surface area contributed by atoms with Crippen LogP contribution in [0.3, 0.4) is 0 Å². The lowest BCUT2D eigenvalue weighted by Gasteiger charge is -2.11. The molecule has 0 fully saturated rings. The van der Waals surface area contributed by atoms with Crippen LogP contribution < -0.4 is 5.73 Å². The number of fused-ring (bicyclic) bond motifs is 1. The quantitative estimate of drug-likeness (QED) is 0.392. The molecule has 33 heavy (non-hydrogen) atoms. The van der Waals surface area contributed by atoms with E-state index in [1.807, 2.05) is 66.7 Å². The Labute approximate surface area is 188 Å². The van der Waals surface area contributed by atoms with Crippen LogP contribution in [0, 0.1) is 0 Å². The summed E-state index contributed by atoms with van der Waals surface area (Å²) in [5.74, 6) is 0.652. The average molecular weight is 440 g/mol. The van der Waals surface area contributed by atoms with Gasteiger partial charge in [0.15, 0.2) is 17.3 Å². The Kier molecular flexibility index (Phi) is 5.56. The fraction of sp³-hybridized carbons (Fsp3) is 0.130. The summed E-state index contributed by atoms with van der Waals surface area (Å²) >= 11 is 0. The van der Waals surface area contributed by atoms with E-state index in [0.717, 1.165) is 16.7 Å². The van der Waals surface area contributed by atoms with Gasteiger partial charge in [0.05, 0.1) is 12.3 Å². The molecule has 0 saturated heterocycles. The summed E-state index contributed by atoms with van der Waals surface area (Å²) in [6.07, 6.45) is 1.37. The van der Waals surface area contributed by atoms with Crippen molar-refractivity contribution in [3.63, 3.8) is 0 Å². The third kappa shape index (κ3) is 4.32. The standard InChI is InChI=1S/C23H20N8O2/c24-20(32)12-30-22(25-15-26-30)14-33-13-19-18(16-7-3-1-4-8-16)11-21-27-28-23(31(21)29-19)17-9-5-2-6-10-17/h1-11,15H,12-14H2,(H2,24,32). The van der Waals surface area contributed by atoms with Crippen LogP contribution in [0.25, 0.3) is 28.2 Å². The Morgan fingerprint density at radius 3 is 2.39 bits per heavy atom. The van der Waals surface area contributed by atoms with Gasteiger partial charge in [-0.3, -0.25) is 4.79 Å². The highest BCUT2D eigenvalue weighted by atomic mass is 16.5. The molecule has 0 saturated carbocycles. The van der Waals surface area contributed by atoms with Crippen LogP contribution in [0.5, 0.6) is 0 Å². The van der Waals surface area contributed by atoms with E-state index in [-0.39, 0.29) is 19.8 Å². The number of hydrogen-bond acceptors (Lipinski definition) is 7. The van der Waals surface area contributed by atoms with E-state index < -0.39 is 5.91 Å². The molecule has 0 aliphatic heterocycles. The topological polar surface area (TPSA) is 126 Å². The molecule has 3 aromatic heterocycles. The van der Waals surface area contributed by atoms with Crippen molar-refractivity contribution in [2.24, 2.45) is 5.73 Å². The van der Waals surface area contributed by atoms with E-state index in [2.05, 4.69) is 20.3 Å². The smallest absolute Gasteiger partial charge is 0.239 e. The first kappa shape index (κ1) is 20.5. The summed E-state index contributed by atoms with van der Waals surface area (Å²) in [6, 6.07) is 21.6. The van der Waals surface area contributed by atoms with Crippen molar-refractivity contribution in [2.45, 2.75) is 19.8 Å². The Balaban J connectivity index is 1.49. The average Bonchev–Trinajstić information content (AvgIpc) is 3.46. The zero-order chi connectivity index (χ0) is 22.6. The minimum Gasteiger partial charge on any atom is -0.368 e. The molecule has 0 aliphatic rings. The SMILES string of the molecule is NC(=O)Cn1ncnc1COCc1nn2c(-c3ccccc3)nnc2cc1-c1ccccc1. The molecule has 0 unspecified atom stereocenters. The number of nitrogens with zero attached hydrogens (tertiary/aromatic N) is 7. The third-order valence-corrected chi connectivity index (χ3v) is 5.06. The van der Waals surface area contributed by atoms with Crippen molar-refractivity contribution < 1.29 is 9.53 Å². The fourth-order valence-corrected chi connectivity index (χ4v) is 3.53. The molecule has 5 aromatic rings. The second-order valence-corrected chi connectivity index (χ2v) is 7.32. The number of amides is 1. The van der Waals surface area contributed by atoms with Crippen LogP contribution in [0.15, 0.2) is 73.1 Å². The molecule has 10 heteroatoms. The Morgan fingerprint density at radius 1 is 0.939 bits per heavy atom. The molecule has 5 rings (SSSR count). The number of carbonyl (C=O) groups is 1. The predicted octanol–water partition coefficient (Wildman–Crippen LogP) is 2.25. The van der Waals surface area contributed by atoms with Gasteiger partial charge in [-0.2, -0.15) is 14.7 Å². The number of benzene rings is 2. The first-order valence-electron chi connectivity index (χ1n) is 10.3. The van der Waals surface area contributed by atoms with Gasteiger partial charge < -0.3 is 10.5 Å². The second kappa shape index (κ2) is 8.97. The van der Waals surface area contributed by atoms with Crippen LogP contribution >= 0.6 is 0 Å². The fourth-order valence-electron chi connectivity index (χ4n) is 3.53. The maximum absolute atomic E-state index is 11.2. The van der Waals surface area contributed by atoms with Crippen LogP contribution in [0.1, 0.15) is 11.5 Å². The Hall–Kier alpha value is -4.44. The molecule has 1 amide bonds. The maximum Gasteiger partial charge on any atom is 0.239 e. The molecule has 164 valence electrons. The third-order valence-electron chi connectivity index (χ3n) is 5.06. The van der Waals surface area contributed by atoms with Gasteiger partial charge in [-0.25, -0.2) is 9.67 Å². The lowest BCUT2D eigenvalue weighted by atomic mass is 10.1. The molecule has 2 N–H and O–H groups in total. The minimum absolute atomic E-state index is 0.0562. The van der Waals surface area contributed by atoms with Crippen molar-refractivity contribution in [1.29, 1.82) is 0 Å². The van der Waals surface area contributed by atoms with E-state index in [4.69, 9.17) is 15.6 Å². The van der Waals surface area contributed by atoms with Crippen LogP contribution in [0.2, 0.25) is 0 Å². The van der Waals surface area contributed by atoms with E-state index in [9.17, 15) is 4.79 Å². The van der Waals surface area contributed by atoms with Gasteiger partial charge in [0.1, 0.15) is 19.5 Å². The highest BCUT2D eigenvalue weighted by molar-refractivity contribution is 5.73. The predicted molar refractivity (Wildman–Crippen MR) is 119 cm³/mol. The zero-order valence-corrected chi connectivity index (χ0v) is 17.6. The normalized spacial score (nSPS) is 11.2. The Morgan fingerprint density at radius 2 is 1.67 bits per heavy atom. The molecule has 0 spiro atoms. The summed E-state index contributed by atoms with van der Waals surface area (Å²) in [5, 5.41) is 17.5. The van der Waals surface area contributed by atoms with Gasteiger partial charge >= 0.3 is 0 Å². The lowest BCUT2D eigenvalue weighted by molar-refractivity contribution is -0.118. The van der Waals surface area contributed by atoms with E-state index in [0.29, 0.717) is 23.0 Å². The first-order chi connectivity index (χ1) is 16.2. The molecule has 10 nitrogen and oxygen atoms in total. The number of hydrogen-bond donors (Lipinski definition) is 1. The molecule has 0 aliphatic carbocycles. The summed E-state index contributed by atoms with van der Waals surface area (Å²) < 4.78 is 9.07. The second-order valence-electron chi connectivity index (χ2n) is 7.32. The highest BCUT2D eigenvalue weighted by Crippen LogP contribution is 2.26. The number of aromatic nitrogens is 7. The van der Waals surface area contributed by atoms with Crippen LogP contribution in [-0.4, -0.2) is 40.5 Å². The van der Waals surface area contributed by atoms with Gasteiger partial charge in [0, 0.05) is 11.1 Å². The molecule has 2 aromatic carbocycles. The maximum atomic E-state index is 11.2. The number of carbonyl (C=O) groups excluding carboxylic acids is 1. The highest BCUT2D eigenvalue weighted by Gasteiger charge is 2.16. The van der Waals surface area contributed by atoms with Gasteiger partial charge in [-0.1, -0.05) is 60.7 Å². The number of rotatable bonds is 8. The summed E-state index contributed by atoms with van der Waals surface area (Å²) in [5.41, 5.74) is 9.42. The molecular formula is C23H20N8O2. The van der Waals surface area contributed by atoms with Gasteiger partial charge in [-0.05, 0) is 11.6 Å². The summed E-state index contributed by atoms with van der Waals surface area (Å²) in [6.45, 7) is 0.296. The monoisotopic (exact) mass is 440 g/mol. The van der Waals surface area contributed by atoms with E-state index in [1.165, 1.54) is 11.0 Å². The van der Waals surface area contributed by atoms with Gasteiger partial charge in [-0.15, -0.1) is 10.2 Å². The van der Waals surface area contributed by atoms with Gasteiger partial charge in [0.2, 0.25) is 5.91 Å². The van der Waals surface area contributed by atoms with E-state index in [1.54, 1.807) is 4.52 Å². The molecule has 0 bridgehead atoms. The van der Waals surface area contributed by atoms with Crippen LogP contribution in [0.4, 0.5) is 0 Å². The summed E-state index contributed by atoms with van der Waals surface area (Å²) in [4.78, 5) is 15.4. The van der Waals surface area contributed by atoms with Crippen molar-refractivity contribution in [1.82, 2.24) is 34.6 Å². The largest absolute Gasteiger partial charge is 0.368 e. The molecular weight excluding hydrogens is 420 g/mol. The van der Waals surface area contributed by atoms with Crippen molar-refractivity contribution in [3.05, 3.63) is 84.6 Å².